The van der Waals surface area contributed by atoms with Crippen LogP contribution in [0.15, 0.2) is 34.8 Å². The third kappa shape index (κ3) is 2.46. The van der Waals surface area contributed by atoms with Crippen molar-refractivity contribution >= 4 is 39.1 Å². The minimum atomic E-state index is -0.508. The van der Waals surface area contributed by atoms with Crippen molar-refractivity contribution in [1.29, 1.82) is 0 Å². The Morgan fingerprint density at radius 3 is 2.24 bits per heavy atom. The van der Waals surface area contributed by atoms with E-state index in [4.69, 9.17) is 23.2 Å². The molecule has 0 N–H and O–H groups in total. The SMILES string of the molecule is Fc1cc(Cl)c(-c2c(F)cccc2Cl)c(Br)c1. The summed E-state index contributed by atoms with van der Waals surface area (Å²) in [5.74, 6) is -1.01. The fourth-order valence-corrected chi connectivity index (χ4v) is 2.82. The highest BCUT2D eigenvalue weighted by atomic mass is 79.9. The zero-order valence-corrected chi connectivity index (χ0v) is 11.4. The normalized spacial score (nSPS) is 10.6. The molecule has 0 bridgehead atoms. The van der Waals surface area contributed by atoms with Crippen molar-refractivity contribution in [2.75, 3.05) is 0 Å². The van der Waals surface area contributed by atoms with Gasteiger partial charge >= 0.3 is 0 Å². The molecule has 0 radical (unpaired) electrons. The molecule has 0 fully saturated rings. The lowest BCUT2D eigenvalue weighted by atomic mass is 10.0. The van der Waals surface area contributed by atoms with E-state index >= 15 is 0 Å². The maximum Gasteiger partial charge on any atom is 0.132 e. The summed E-state index contributed by atoms with van der Waals surface area (Å²) < 4.78 is 27.2. The van der Waals surface area contributed by atoms with Gasteiger partial charge in [0.15, 0.2) is 0 Å². The molecule has 0 nitrogen and oxygen atoms in total. The highest BCUT2D eigenvalue weighted by Gasteiger charge is 2.16. The van der Waals surface area contributed by atoms with Crippen LogP contribution in [0.1, 0.15) is 0 Å². The summed E-state index contributed by atoms with van der Waals surface area (Å²) in [6.45, 7) is 0. The highest BCUT2D eigenvalue weighted by Crippen LogP contribution is 2.40. The van der Waals surface area contributed by atoms with E-state index in [9.17, 15) is 8.78 Å². The molecule has 88 valence electrons. The summed E-state index contributed by atoms with van der Waals surface area (Å²) in [7, 11) is 0. The van der Waals surface area contributed by atoms with Crippen LogP contribution in [-0.4, -0.2) is 0 Å². The van der Waals surface area contributed by atoms with Crippen LogP contribution in [0.25, 0.3) is 11.1 Å². The first kappa shape index (κ1) is 12.8. The summed E-state index contributed by atoms with van der Waals surface area (Å²) >= 11 is 15.0. The molecule has 17 heavy (non-hydrogen) atoms. The molecule has 0 aliphatic rings. The lowest BCUT2D eigenvalue weighted by Crippen LogP contribution is -1.90. The molecular formula is C12H5BrCl2F2. The van der Waals surface area contributed by atoms with Crippen molar-refractivity contribution in [3.8, 4) is 11.1 Å². The first-order chi connectivity index (χ1) is 8.00. The Balaban J connectivity index is 2.77. The number of halogens is 5. The van der Waals surface area contributed by atoms with Gasteiger partial charge in [-0.1, -0.05) is 29.3 Å². The van der Waals surface area contributed by atoms with E-state index in [2.05, 4.69) is 15.9 Å². The molecule has 0 spiro atoms. The maximum absolute atomic E-state index is 13.7. The van der Waals surface area contributed by atoms with Crippen LogP contribution < -0.4 is 0 Å². The summed E-state index contributed by atoms with van der Waals surface area (Å²) in [4.78, 5) is 0. The van der Waals surface area contributed by atoms with Crippen molar-refractivity contribution in [3.05, 3.63) is 56.5 Å². The second kappa shape index (κ2) is 4.92. The lowest BCUT2D eigenvalue weighted by Gasteiger charge is -2.10. The van der Waals surface area contributed by atoms with Gasteiger partial charge in [0.2, 0.25) is 0 Å². The first-order valence-corrected chi connectivity index (χ1v) is 6.14. The fraction of sp³-hybridized carbons (Fsp3) is 0. The minimum Gasteiger partial charge on any atom is -0.207 e. The second-order valence-electron chi connectivity index (χ2n) is 3.34. The van der Waals surface area contributed by atoms with Gasteiger partial charge in [-0.25, -0.2) is 8.78 Å². The van der Waals surface area contributed by atoms with Gasteiger partial charge in [-0.15, -0.1) is 0 Å². The molecule has 2 aromatic rings. The molecule has 0 aromatic heterocycles. The molecule has 0 atom stereocenters. The van der Waals surface area contributed by atoms with Gasteiger partial charge in [-0.2, -0.15) is 0 Å². The van der Waals surface area contributed by atoms with Crippen molar-refractivity contribution in [1.82, 2.24) is 0 Å². The van der Waals surface area contributed by atoms with E-state index < -0.39 is 11.6 Å². The Hall–Kier alpha value is -0.640. The molecule has 0 unspecified atom stereocenters. The molecular weight excluding hydrogens is 333 g/mol. The van der Waals surface area contributed by atoms with E-state index in [1.807, 2.05) is 0 Å². The van der Waals surface area contributed by atoms with Gasteiger partial charge in [0.05, 0.1) is 10.0 Å². The van der Waals surface area contributed by atoms with Crippen LogP contribution in [-0.2, 0) is 0 Å². The molecule has 0 saturated carbocycles. The van der Waals surface area contributed by atoms with Crippen molar-refractivity contribution < 1.29 is 8.78 Å². The van der Waals surface area contributed by atoms with Gasteiger partial charge in [0, 0.05) is 15.6 Å². The van der Waals surface area contributed by atoms with E-state index in [1.54, 1.807) is 6.07 Å². The number of rotatable bonds is 1. The van der Waals surface area contributed by atoms with Gasteiger partial charge < -0.3 is 0 Å². The molecule has 0 aliphatic carbocycles. The molecule has 2 aromatic carbocycles. The van der Waals surface area contributed by atoms with E-state index in [0.29, 0.717) is 10.0 Å². The number of hydrogen-bond donors (Lipinski definition) is 0. The van der Waals surface area contributed by atoms with E-state index in [-0.39, 0.29) is 15.6 Å². The Morgan fingerprint density at radius 1 is 0.941 bits per heavy atom. The zero-order valence-electron chi connectivity index (χ0n) is 8.28. The van der Waals surface area contributed by atoms with Gasteiger partial charge in [0.25, 0.3) is 0 Å². The van der Waals surface area contributed by atoms with Crippen molar-refractivity contribution in [2.45, 2.75) is 0 Å². The molecule has 2 rings (SSSR count). The van der Waals surface area contributed by atoms with Crippen LogP contribution >= 0.6 is 39.1 Å². The summed E-state index contributed by atoms with van der Waals surface area (Å²) in [6, 6.07) is 6.64. The Labute approximate surface area is 115 Å². The molecule has 0 amide bonds. The van der Waals surface area contributed by atoms with Gasteiger partial charge in [-0.3, -0.25) is 0 Å². The van der Waals surface area contributed by atoms with E-state index in [1.165, 1.54) is 18.2 Å². The topological polar surface area (TPSA) is 0 Å². The number of hydrogen-bond acceptors (Lipinski definition) is 0. The Bertz CT molecular complexity index is 541. The highest BCUT2D eigenvalue weighted by molar-refractivity contribution is 9.10. The van der Waals surface area contributed by atoms with E-state index in [0.717, 1.165) is 6.07 Å². The monoisotopic (exact) mass is 336 g/mol. The van der Waals surface area contributed by atoms with Gasteiger partial charge in [0.1, 0.15) is 11.6 Å². The fourth-order valence-electron chi connectivity index (χ4n) is 1.52. The standard InChI is InChI=1S/C12H5BrCl2F2/c13-7-4-6(16)5-9(15)11(7)12-8(14)2-1-3-10(12)17/h1-5H. The Morgan fingerprint density at radius 2 is 1.65 bits per heavy atom. The quantitative estimate of drug-likeness (QED) is 0.626. The van der Waals surface area contributed by atoms with Crippen molar-refractivity contribution in [3.63, 3.8) is 0 Å². The molecule has 5 heteroatoms. The average molecular weight is 338 g/mol. The average Bonchev–Trinajstić information content (AvgIpc) is 2.21. The summed E-state index contributed by atoms with van der Waals surface area (Å²) in [6.07, 6.45) is 0. The van der Waals surface area contributed by atoms with Crippen LogP contribution in [0.3, 0.4) is 0 Å². The van der Waals surface area contributed by atoms with Crippen molar-refractivity contribution in [2.24, 2.45) is 0 Å². The molecule has 0 saturated heterocycles. The largest absolute Gasteiger partial charge is 0.207 e. The third-order valence-electron chi connectivity index (χ3n) is 2.22. The van der Waals surface area contributed by atoms with Crippen LogP contribution in [0.4, 0.5) is 8.78 Å². The first-order valence-electron chi connectivity index (χ1n) is 4.59. The van der Waals surface area contributed by atoms with Crippen LogP contribution in [0.5, 0.6) is 0 Å². The lowest BCUT2D eigenvalue weighted by molar-refractivity contribution is 0.625. The maximum atomic E-state index is 13.7. The predicted molar refractivity (Wildman–Crippen MR) is 69.5 cm³/mol. The summed E-state index contributed by atoms with van der Waals surface area (Å²) in [5, 5.41) is 0.322. The van der Waals surface area contributed by atoms with Crippen LogP contribution in [0, 0.1) is 11.6 Å². The minimum absolute atomic E-state index is 0.101. The third-order valence-corrected chi connectivity index (χ3v) is 3.46. The predicted octanol–water partition coefficient (Wildman–Crippen LogP) is 5.70. The second-order valence-corrected chi connectivity index (χ2v) is 5.01. The summed E-state index contributed by atoms with van der Waals surface area (Å²) in [5.41, 5.74) is 0.502. The van der Waals surface area contributed by atoms with Crippen LogP contribution in [0.2, 0.25) is 10.0 Å². The Kier molecular flexibility index (Phi) is 3.71. The molecule has 0 heterocycles. The van der Waals surface area contributed by atoms with Gasteiger partial charge in [-0.05, 0) is 40.2 Å². The molecule has 0 aliphatic heterocycles. The zero-order chi connectivity index (χ0) is 12.6. The smallest absolute Gasteiger partial charge is 0.132 e. The number of benzene rings is 2.